The molecule has 18 heavy (non-hydrogen) atoms. The van der Waals surface area contributed by atoms with Crippen molar-refractivity contribution in [2.24, 2.45) is 7.05 Å². The summed E-state index contributed by atoms with van der Waals surface area (Å²) in [5.41, 5.74) is 1.15. The molecule has 0 bridgehead atoms. The van der Waals surface area contributed by atoms with Gasteiger partial charge in [0, 0.05) is 13.1 Å². The molecule has 6 heteroatoms. The van der Waals surface area contributed by atoms with E-state index in [0.717, 1.165) is 5.69 Å². The van der Waals surface area contributed by atoms with Gasteiger partial charge in [-0.3, -0.25) is 14.3 Å². The van der Waals surface area contributed by atoms with Gasteiger partial charge < -0.3 is 10.0 Å². The van der Waals surface area contributed by atoms with E-state index < -0.39 is 5.97 Å². The van der Waals surface area contributed by atoms with Crippen LogP contribution in [0.3, 0.4) is 0 Å². The van der Waals surface area contributed by atoms with Crippen LogP contribution in [0.4, 0.5) is 0 Å². The van der Waals surface area contributed by atoms with E-state index in [1.165, 1.54) is 9.58 Å². The summed E-state index contributed by atoms with van der Waals surface area (Å²) in [5.74, 6) is -1.31. The highest BCUT2D eigenvalue weighted by Crippen LogP contribution is 2.11. The third-order valence-electron chi connectivity index (χ3n) is 2.91. The number of rotatable bonds is 5. The van der Waals surface area contributed by atoms with Gasteiger partial charge in [-0.1, -0.05) is 6.92 Å². The zero-order valence-corrected chi connectivity index (χ0v) is 11.2. The van der Waals surface area contributed by atoms with Crippen molar-refractivity contribution in [1.82, 2.24) is 14.7 Å². The van der Waals surface area contributed by atoms with E-state index >= 15 is 0 Å². The summed E-state index contributed by atoms with van der Waals surface area (Å²) >= 11 is 0. The molecular formula is C12H19N3O3. The predicted molar refractivity (Wildman–Crippen MR) is 66.4 cm³/mol. The molecule has 1 heterocycles. The van der Waals surface area contributed by atoms with Crippen LogP contribution in [0.2, 0.25) is 0 Å². The van der Waals surface area contributed by atoms with E-state index in [0.29, 0.717) is 12.1 Å². The Bertz CT molecular complexity index is 453. The standard InChI is InChI=1S/C12H19N3O3/c1-5-9(3)15(7-11(16)17)12(18)10-6-8(2)13-14(10)4/h6,9H,5,7H2,1-4H3,(H,16,17). The summed E-state index contributed by atoms with van der Waals surface area (Å²) in [6, 6.07) is 1.54. The zero-order valence-electron chi connectivity index (χ0n) is 11.2. The predicted octanol–water partition coefficient (Wildman–Crippen LogP) is 1.05. The first-order valence-electron chi connectivity index (χ1n) is 5.90. The monoisotopic (exact) mass is 253 g/mol. The van der Waals surface area contributed by atoms with Gasteiger partial charge in [0.15, 0.2) is 0 Å². The van der Waals surface area contributed by atoms with Crippen LogP contribution in [0.5, 0.6) is 0 Å². The maximum absolute atomic E-state index is 12.3. The number of carbonyl (C=O) groups excluding carboxylic acids is 1. The van der Waals surface area contributed by atoms with Crippen molar-refractivity contribution >= 4 is 11.9 Å². The van der Waals surface area contributed by atoms with Crippen LogP contribution in [0.25, 0.3) is 0 Å². The minimum absolute atomic E-state index is 0.121. The minimum Gasteiger partial charge on any atom is -0.480 e. The topological polar surface area (TPSA) is 75.4 Å². The van der Waals surface area contributed by atoms with Crippen LogP contribution in [0.1, 0.15) is 36.5 Å². The Labute approximate surface area is 106 Å². The van der Waals surface area contributed by atoms with Gasteiger partial charge in [0.05, 0.1) is 5.69 Å². The fourth-order valence-electron chi connectivity index (χ4n) is 1.75. The lowest BCUT2D eigenvalue weighted by atomic mass is 10.2. The second-order valence-corrected chi connectivity index (χ2v) is 4.38. The molecule has 0 saturated carbocycles. The summed E-state index contributed by atoms with van der Waals surface area (Å²) < 4.78 is 1.48. The van der Waals surface area contributed by atoms with E-state index in [4.69, 9.17) is 5.11 Å². The summed E-state index contributed by atoms with van der Waals surface area (Å²) in [6.45, 7) is 5.25. The molecule has 1 aromatic rings. The Morgan fingerprint density at radius 1 is 1.56 bits per heavy atom. The number of carboxylic acids is 1. The highest BCUT2D eigenvalue weighted by molar-refractivity contribution is 5.94. The Balaban J connectivity index is 3.02. The molecule has 1 amide bonds. The SMILES string of the molecule is CCC(C)N(CC(=O)O)C(=O)c1cc(C)nn1C. The molecule has 0 aliphatic carbocycles. The molecule has 1 unspecified atom stereocenters. The zero-order chi connectivity index (χ0) is 13.9. The Morgan fingerprint density at radius 2 is 2.17 bits per heavy atom. The van der Waals surface area contributed by atoms with E-state index in [1.807, 2.05) is 13.8 Å². The normalized spacial score (nSPS) is 12.2. The van der Waals surface area contributed by atoms with Crippen molar-refractivity contribution in [2.75, 3.05) is 6.54 Å². The minimum atomic E-state index is -1.01. The van der Waals surface area contributed by atoms with Gasteiger partial charge in [-0.25, -0.2) is 0 Å². The molecular weight excluding hydrogens is 234 g/mol. The third-order valence-corrected chi connectivity index (χ3v) is 2.91. The highest BCUT2D eigenvalue weighted by atomic mass is 16.4. The van der Waals surface area contributed by atoms with E-state index in [1.54, 1.807) is 20.0 Å². The number of hydrogen-bond donors (Lipinski definition) is 1. The van der Waals surface area contributed by atoms with Crippen LogP contribution >= 0.6 is 0 Å². The van der Waals surface area contributed by atoms with E-state index in [9.17, 15) is 9.59 Å². The van der Waals surface area contributed by atoms with Gasteiger partial charge in [0.25, 0.3) is 5.91 Å². The Hall–Kier alpha value is -1.85. The first-order chi connectivity index (χ1) is 8.36. The van der Waals surface area contributed by atoms with Crippen molar-refractivity contribution in [2.45, 2.75) is 33.2 Å². The molecule has 0 radical (unpaired) electrons. The van der Waals surface area contributed by atoms with Crippen molar-refractivity contribution in [3.05, 3.63) is 17.5 Å². The van der Waals surface area contributed by atoms with Gasteiger partial charge in [0.2, 0.25) is 0 Å². The number of nitrogens with zero attached hydrogens (tertiary/aromatic N) is 3. The molecule has 0 saturated heterocycles. The summed E-state index contributed by atoms with van der Waals surface area (Å²) in [6.07, 6.45) is 0.704. The highest BCUT2D eigenvalue weighted by Gasteiger charge is 2.25. The van der Waals surface area contributed by atoms with Crippen molar-refractivity contribution in [1.29, 1.82) is 0 Å². The molecule has 1 aromatic heterocycles. The quantitative estimate of drug-likeness (QED) is 0.851. The van der Waals surface area contributed by atoms with Crippen LogP contribution in [-0.2, 0) is 11.8 Å². The number of hydrogen-bond acceptors (Lipinski definition) is 3. The average Bonchev–Trinajstić information content (AvgIpc) is 2.63. The van der Waals surface area contributed by atoms with E-state index in [2.05, 4.69) is 5.10 Å². The van der Waals surface area contributed by atoms with Gasteiger partial charge in [-0.05, 0) is 26.3 Å². The van der Waals surface area contributed by atoms with Crippen molar-refractivity contribution in [3.8, 4) is 0 Å². The molecule has 0 aliphatic heterocycles. The van der Waals surface area contributed by atoms with Crippen LogP contribution in [-0.4, -0.2) is 44.3 Å². The lowest BCUT2D eigenvalue weighted by Gasteiger charge is -2.26. The van der Waals surface area contributed by atoms with E-state index in [-0.39, 0.29) is 18.5 Å². The Morgan fingerprint density at radius 3 is 2.56 bits per heavy atom. The molecule has 100 valence electrons. The number of aromatic nitrogens is 2. The molecule has 0 aromatic carbocycles. The number of carbonyl (C=O) groups is 2. The molecule has 1 rings (SSSR count). The lowest BCUT2D eigenvalue weighted by Crippen LogP contribution is -2.42. The van der Waals surface area contributed by atoms with Crippen molar-refractivity contribution < 1.29 is 14.7 Å². The second-order valence-electron chi connectivity index (χ2n) is 4.38. The van der Waals surface area contributed by atoms with Gasteiger partial charge in [-0.2, -0.15) is 5.10 Å². The van der Waals surface area contributed by atoms with Gasteiger partial charge >= 0.3 is 5.97 Å². The number of aryl methyl sites for hydroxylation is 2. The van der Waals surface area contributed by atoms with Gasteiger partial charge in [-0.15, -0.1) is 0 Å². The lowest BCUT2D eigenvalue weighted by molar-refractivity contribution is -0.138. The number of aliphatic carboxylic acids is 1. The first kappa shape index (κ1) is 14.2. The van der Waals surface area contributed by atoms with Crippen LogP contribution < -0.4 is 0 Å². The molecule has 1 N–H and O–H groups in total. The average molecular weight is 253 g/mol. The van der Waals surface area contributed by atoms with Crippen molar-refractivity contribution in [3.63, 3.8) is 0 Å². The number of carboxylic acid groups (broad SMARTS) is 1. The molecule has 1 atom stereocenters. The van der Waals surface area contributed by atoms with Gasteiger partial charge in [0.1, 0.15) is 12.2 Å². The molecule has 0 aliphatic rings. The molecule has 0 fully saturated rings. The van der Waals surface area contributed by atoms with Crippen LogP contribution in [0.15, 0.2) is 6.07 Å². The third kappa shape index (κ3) is 3.09. The van der Waals surface area contributed by atoms with Crippen LogP contribution in [0, 0.1) is 6.92 Å². The second kappa shape index (κ2) is 5.66. The largest absolute Gasteiger partial charge is 0.480 e. The fraction of sp³-hybridized carbons (Fsp3) is 0.583. The molecule has 6 nitrogen and oxygen atoms in total. The Kier molecular flexibility index (Phi) is 4.47. The summed E-state index contributed by atoms with van der Waals surface area (Å²) in [4.78, 5) is 24.5. The summed E-state index contributed by atoms with van der Waals surface area (Å²) in [7, 11) is 1.68. The number of amides is 1. The molecule has 0 spiro atoms. The summed E-state index contributed by atoms with van der Waals surface area (Å²) in [5, 5.41) is 13.0. The first-order valence-corrected chi connectivity index (χ1v) is 5.90. The maximum atomic E-state index is 12.3. The maximum Gasteiger partial charge on any atom is 0.323 e. The smallest absolute Gasteiger partial charge is 0.323 e. The fourth-order valence-corrected chi connectivity index (χ4v) is 1.75.